The van der Waals surface area contributed by atoms with Crippen molar-refractivity contribution in [3.8, 4) is 0 Å². The van der Waals surface area contributed by atoms with Gasteiger partial charge in [0.2, 0.25) is 0 Å². The molecule has 1 aromatic carbocycles. The molecule has 0 radical (unpaired) electrons. The summed E-state index contributed by atoms with van der Waals surface area (Å²) in [6.07, 6.45) is -6.69. The first kappa shape index (κ1) is 17.6. The molecule has 0 saturated heterocycles. The number of hydrogen-bond donors (Lipinski definition) is 0. The van der Waals surface area contributed by atoms with Crippen molar-refractivity contribution in [3.63, 3.8) is 0 Å². The molecule has 1 rings (SSSR count). The zero-order valence-electron chi connectivity index (χ0n) is 10.4. The van der Waals surface area contributed by atoms with Crippen molar-refractivity contribution in [2.75, 3.05) is 0 Å². The van der Waals surface area contributed by atoms with Gasteiger partial charge < -0.3 is 0 Å². The van der Waals surface area contributed by atoms with Gasteiger partial charge in [-0.05, 0) is 18.1 Å². The third kappa shape index (κ3) is 2.69. The molecule has 0 aliphatic heterocycles. The second kappa shape index (κ2) is 5.10. The van der Waals surface area contributed by atoms with Gasteiger partial charge in [0, 0.05) is 5.56 Å². The van der Waals surface area contributed by atoms with Crippen LogP contribution in [0, 0.1) is 0 Å². The summed E-state index contributed by atoms with van der Waals surface area (Å²) in [6, 6.07) is 2.98. The highest BCUT2D eigenvalue weighted by molar-refractivity contribution is 5.29. The lowest BCUT2D eigenvalue weighted by Crippen LogP contribution is -2.59. The molecule has 0 atom stereocenters. The van der Waals surface area contributed by atoms with E-state index in [-0.39, 0.29) is 12.0 Å². The van der Waals surface area contributed by atoms with Gasteiger partial charge in [-0.3, -0.25) is 0 Å². The fourth-order valence-electron chi connectivity index (χ4n) is 1.54. The maximum atomic E-state index is 13.5. The molecule has 0 nitrogen and oxygen atoms in total. The lowest BCUT2D eigenvalue weighted by Gasteiger charge is -2.33. The van der Waals surface area contributed by atoms with Crippen LogP contribution < -0.4 is 0 Å². The molecule has 0 amide bonds. The van der Waals surface area contributed by atoms with E-state index >= 15 is 0 Å². The SMILES string of the molecule is CCc1cccc(C(F)(F)C(F)(F)C(F)(F)C(F)(F)F)c1. The van der Waals surface area contributed by atoms with Crippen molar-refractivity contribution < 1.29 is 39.5 Å². The number of benzene rings is 1. The lowest BCUT2D eigenvalue weighted by atomic mass is 9.95. The minimum absolute atomic E-state index is 0.0956. The van der Waals surface area contributed by atoms with Crippen molar-refractivity contribution in [3.05, 3.63) is 35.4 Å². The highest BCUT2D eigenvalue weighted by Gasteiger charge is 2.81. The number of hydrogen-bond acceptors (Lipinski definition) is 0. The van der Waals surface area contributed by atoms with Gasteiger partial charge in [-0.1, -0.05) is 25.1 Å². The zero-order valence-corrected chi connectivity index (χ0v) is 10.4. The van der Waals surface area contributed by atoms with E-state index in [4.69, 9.17) is 0 Å². The first-order valence-electron chi connectivity index (χ1n) is 5.58. The first-order chi connectivity index (χ1) is 9.29. The van der Waals surface area contributed by atoms with E-state index in [0.717, 1.165) is 6.07 Å². The molecule has 0 N–H and O–H groups in total. The predicted octanol–water partition coefficient (Wildman–Crippen LogP) is 5.17. The molecule has 0 fully saturated rings. The summed E-state index contributed by atoms with van der Waals surface area (Å²) < 4.78 is 115. The van der Waals surface area contributed by atoms with Crippen LogP contribution in [0.15, 0.2) is 24.3 Å². The lowest BCUT2D eigenvalue weighted by molar-refractivity contribution is -0.399. The Balaban J connectivity index is 3.39. The summed E-state index contributed by atoms with van der Waals surface area (Å²) in [7, 11) is 0. The topological polar surface area (TPSA) is 0 Å². The van der Waals surface area contributed by atoms with E-state index in [1.165, 1.54) is 13.0 Å². The Morgan fingerprint density at radius 2 is 1.33 bits per heavy atom. The molecule has 1 aromatic rings. The molecule has 9 heteroatoms. The van der Waals surface area contributed by atoms with E-state index < -0.39 is 29.5 Å². The second-order valence-electron chi connectivity index (χ2n) is 4.27. The maximum Gasteiger partial charge on any atom is 0.460 e. The molecule has 21 heavy (non-hydrogen) atoms. The zero-order chi connectivity index (χ0) is 16.7. The third-order valence-electron chi connectivity index (χ3n) is 2.84. The van der Waals surface area contributed by atoms with Crippen molar-refractivity contribution in [2.45, 2.75) is 37.3 Å². The van der Waals surface area contributed by atoms with Crippen LogP contribution in [0.3, 0.4) is 0 Å². The number of halogens is 9. The van der Waals surface area contributed by atoms with E-state index in [2.05, 4.69) is 0 Å². The molecule has 120 valence electrons. The van der Waals surface area contributed by atoms with Gasteiger partial charge in [0.25, 0.3) is 0 Å². The fraction of sp³-hybridized carbons (Fsp3) is 0.500. The average Bonchev–Trinajstić information content (AvgIpc) is 2.37. The van der Waals surface area contributed by atoms with Crippen LogP contribution in [-0.4, -0.2) is 18.0 Å². The monoisotopic (exact) mass is 324 g/mol. The summed E-state index contributed by atoms with van der Waals surface area (Å²) in [6.45, 7) is 1.47. The molecule has 0 aromatic heterocycles. The van der Waals surface area contributed by atoms with Crippen LogP contribution in [0.1, 0.15) is 18.1 Å². The summed E-state index contributed by atoms with van der Waals surface area (Å²) in [4.78, 5) is 0. The van der Waals surface area contributed by atoms with Crippen molar-refractivity contribution in [1.29, 1.82) is 0 Å². The van der Waals surface area contributed by atoms with Gasteiger partial charge in [0.1, 0.15) is 0 Å². The first-order valence-corrected chi connectivity index (χ1v) is 5.58. The quantitative estimate of drug-likeness (QED) is 0.670. The molecular weight excluding hydrogens is 315 g/mol. The van der Waals surface area contributed by atoms with Crippen molar-refractivity contribution in [1.82, 2.24) is 0 Å². The van der Waals surface area contributed by atoms with E-state index in [1.807, 2.05) is 0 Å². The van der Waals surface area contributed by atoms with Gasteiger partial charge in [-0.2, -0.15) is 39.5 Å². The number of alkyl halides is 9. The summed E-state index contributed by atoms with van der Waals surface area (Å²) in [5.74, 6) is -19.2. The minimum atomic E-state index is -6.87. The van der Waals surface area contributed by atoms with Gasteiger partial charge >= 0.3 is 23.9 Å². The Morgan fingerprint density at radius 1 is 0.810 bits per heavy atom. The molecule has 0 heterocycles. The maximum absolute atomic E-state index is 13.5. The normalized spacial score (nSPS) is 14.4. The molecule has 0 unspecified atom stereocenters. The summed E-state index contributed by atoms with van der Waals surface area (Å²) in [5, 5.41) is 0. The van der Waals surface area contributed by atoms with E-state index in [0.29, 0.717) is 12.1 Å². The number of aryl methyl sites for hydroxylation is 1. The average molecular weight is 324 g/mol. The Morgan fingerprint density at radius 3 is 1.76 bits per heavy atom. The summed E-state index contributed by atoms with van der Waals surface area (Å²) >= 11 is 0. The van der Waals surface area contributed by atoms with Gasteiger partial charge in [0.15, 0.2) is 0 Å². The van der Waals surface area contributed by atoms with Gasteiger partial charge in [0.05, 0.1) is 0 Å². The molecule has 0 spiro atoms. The number of rotatable bonds is 4. The minimum Gasteiger partial charge on any atom is -0.194 e. The van der Waals surface area contributed by atoms with Crippen LogP contribution >= 0.6 is 0 Å². The van der Waals surface area contributed by atoms with Gasteiger partial charge in [-0.25, -0.2) is 0 Å². The second-order valence-corrected chi connectivity index (χ2v) is 4.27. The smallest absolute Gasteiger partial charge is 0.194 e. The standard InChI is InChI=1S/C12H9F9/c1-2-7-4-3-5-8(6-7)9(13,14)10(15,16)11(17,18)12(19,20)21/h3-6H,2H2,1H3. The highest BCUT2D eigenvalue weighted by Crippen LogP contribution is 2.56. The molecule has 0 saturated carbocycles. The van der Waals surface area contributed by atoms with Crippen LogP contribution in [0.2, 0.25) is 0 Å². The van der Waals surface area contributed by atoms with Crippen LogP contribution in [0.25, 0.3) is 0 Å². The van der Waals surface area contributed by atoms with Crippen LogP contribution in [0.4, 0.5) is 39.5 Å². The Kier molecular flexibility index (Phi) is 4.28. The van der Waals surface area contributed by atoms with Crippen molar-refractivity contribution in [2.24, 2.45) is 0 Å². The Hall–Kier alpha value is -1.41. The Bertz CT molecular complexity index is 502. The molecule has 0 aliphatic carbocycles. The highest BCUT2D eigenvalue weighted by atomic mass is 19.4. The molecular formula is C12H9F9. The van der Waals surface area contributed by atoms with Crippen LogP contribution in [0.5, 0.6) is 0 Å². The van der Waals surface area contributed by atoms with Crippen molar-refractivity contribution >= 4 is 0 Å². The molecule has 0 bridgehead atoms. The predicted molar refractivity (Wildman–Crippen MR) is 55.7 cm³/mol. The van der Waals surface area contributed by atoms with E-state index in [1.54, 1.807) is 0 Å². The third-order valence-corrected chi connectivity index (χ3v) is 2.84. The fourth-order valence-corrected chi connectivity index (χ4v) is 1.54. The largest absolute Gasteiger partial charge is 0.460 e. The van der Waals surface area contributed by atoms with Gasteiger partial charge in [-0.15, -0.1) is 0 Å². The van der Waals surface area contributed by atoms with Crippen LogP contribution in [-0.2, 0) is 12.3 Å². The molecule has 0 aliphatic rings. The Labute approximate surface area is 113 Å². The van der Waals surface area contributed by atoms with E-state index in [9.17, 15) is 39.5 Å². The summed E-state index contributed by atoms with van der Waals surface area (Å²) in [5.41, 5.74) is -1.51.